The highest BCUT2D eigenvalue weighted by molar-refractivity contribution is 5.91. The summed E-state index contributed by atoms with van der Waals surface area (Å²) < 4.78 is 19.4. The summed E-state index contributed by atoms with van der Waals surface area (Å²) in [5.74, 6) is 2.46. The molecule has 6 nitrogen and oxygen atoms in total. The Kier molecular flexibility index (Phi) is 4.50. The minimum absolute atomic E-state index is 0.270. The van der Waals surface area contributed by atoms with Gasteiger partial charge in [0.25, 0.3) is 0 Å². The molecule has 0 fully saturated rings. The van der Waals surface area contributed by atoms with E-state index in [1.54, 1.807) is 24.3 Å². The fourth-order valence-electron chi connectivity index (χ4n) is 4.62. The number of nitrogens with one attached hydrogen (secondary N) is 1. The molecule has 0 spiro atoms. The fraction of sp³-hybridized carbons (Fsp3) is 0.111. The topological polar surface area (TPSA) is 73.3 Å². The molecule has 5 aromatic rings. The average Bonchev–Trinajstić information content (AvgIpc) is 3.38. The Hall–Kier alpha value is -4.32. The highest BCUT2D eigenvalue weighted by Crippen LogP contribution is 2.49. The molecule has 6 rings (SSSR count). The molecule has 3 aromatic carbocycles. The predicted octanol–water partition coefficient (Wildman–Crippen LogP) is 5.45. The molecule has 0 unspecified atom stereocenters. The number of hydrogen-bond acceptors (Lipinski definition) is 5. The van der Waals surface area contributed by atoms with Crippen molar-refractivity contribution in [3.63, 3.8) is 0 Å². The van der Waals surface area contributed by atoms with Crippen LogP contribution in [0.25, 0.3) is 10.8 Å². The molecular weight excluding hydrogens is 414 g/mol. The smallest absolute Gasteiger partial charge is 0.228 e. The van der Waals surface area contributed by atoms with E-state index in [1.807, 2.05) is 48.5 Å². The Morgan fingerprint density at radius 3 is 2.67 bits per heavy atom. The molecule has 0 radical (unpaired) electrons. The van der Waals surface area contributed by atoms with Crippen LogP contribution in [0.15, 0.2) is 89.8 Å². The van der Waals surface area contributed by atoms with E-state index in [0.717, 1.165) is 39.2 Å². The molecule has 1 N–H and O–H groups in total. The molecule has 6 heteroatoms. The average molecular weight is 435 g/mol. The number of furan rings is 1. The van der Waals surface area contributed by atoms with Crippen molar-refractivity contribution in [3.05, 3.63) is 113 Å². The van der Waals surface area contributed by atoms with Crippen molar-refractivity contribution >= 4 is 10.8 Å². The van der Waals surface area contributed by atoms with E-state index in [1.165, 1.54) is 0 Å². The molecule has 2 aromatic heterocycles. The van der Waals surface area contributed by atoms with Gasteiger partial charge in [-0.3, -0.25) is 5.41 Å². The van der Waals surface area contributed by atoms with Crippen LogP contribution in [0.3, 0.4) is 0 Å². The predicted molar refractivity (Wildman–Crippen MR) is 124 cm³/mol. The number of hydrogen-bond donors (Lipinski definition) is 1. The van der Waals surface area contributed by atoms with Gasteiger partial charge in [-0.1, -0.05) is 54.6 Å². The van der Waals surface area contributed by atoms with Crippen LogP contribution in [-0.4, -0.2) is 16.7 Å². The number of rotatable bonds is 4. The minimum Gasteiger partial charge on any atom is -0.496 e. The number of para-hydroxylation sites is 1. The van der Waals surface area contributed by atoms with E-state index in [4.69, 9.17) is 19.3 Å². The van der Waals surface area contributed by atoms with Crippen LogP contribution < -0.4 is 15.0 Å². The number of benzene rings is 3. The summed E-state index contributed by atoms with van der Waals surface area (Å²) in [6.07, 6.45) is 3.27. The van der Waals surface area contributed by atoms with Crippen LogP contribution in [-0.2, 0) is 6.54 Å². The van der Waals surface area contributed by atoms with Crippen LogP contribution >= 0.6 is 0 Å². The first-order valence-electron chi connectivity index (χ1n) is 10.7. The van der Waals surface area contributed by atoms with E-state index in [0.29, 0.717) is 23.5 Å². The monoisotopic (exact) mass is 435 g/mol. The highest BCUT2D eigenvalue weighted by atomic mass is 16.5. The molecule has 0 saturated carbocycles. The summed E-state index contributed by atoms with van der Waals surface area (Å²) in [5, 5.41) is 11.2. The van der Waals surface area contributed by atoms with Crippen molar-refractivity contribution in [2.75, 3.05) is 7.11 Å². The maximum Gasteiger partial charge on any atom is 0.228 e. The molecule has 162 valence electrons. The molecule has 1 aliphatic rings. The Balaban J connectivity index is 1.62. The third-order valence-electron chi connectivity index (χ3n) is 6.15. The lowest BCUT2D eigenvalue weighted by Gasteiger charge is -2.30. The maximum absolute atomic E-state index is 9.10. The first kappa shape index (κ1) is 19.4. The first-order valence-corrected chi connectivity index (χ1v) is 10.7. The lowest BCUT2D eigenvalue weighted by atomic mass is 9.82. The lowest BCUT2D eigenvalue weighted by Crippen LogP contribution is -2.30. The maximum atomic E-state index is 9.10. The fourth-order valence-corrected chi connectivity index (χ4v) is 4.62. The van der Waals surface area contributed by atoms with Gasteiger partial charge < -0.3 is 18.5 Å². The number of nitrogens with zero attached hydrogens (tertiary/aromatic N) is 2. The van der Waals surface area contributed by atoms with Gasteiger partial charge in [0, 0.05) is 16.5 Å². The summed E-state index contributed by atoms with van der Waals surface area (Å²) in [7, 11) is 1.67. The SMILES string of the molecule is COc1ccccc1[C@H]1c2ccc3ccccc3c2Oc2ncn(Cc3ccco3)c(=N)c21. The second kappa shape index (κ2) is 7.67. The normalized spacial score (nSPS) is 14.4. The Labute approximate surface area is 190 Å². The Morgan fingerprint density at radius 2 is 1.82 bits per heavy atom. The largest absolute Gasteiger partial charge is 0.496 e. The van der Waals surface area contributed by atoms with E-state index < -0.39 is 0 Å². The number of fused-ring (bicyclic) bond motifs is 4. The van der Waals surface area contributed by atoms with Gasteiger partial charge >= 0.3 is 0 Å². The Bertz CT molecular complexity index is 1540. The molecule has 1 atom stereocenters. The zero-order chi connectivity index (χ0) is 22.4. The summed E-state index contributed by atoms with van der Waals surface area (Å²) in [6, 6.07) is 24.0. The van der Waals surface area contributed by atoms with Crippen LogP contribution in [0, 0.1) is 5.41 Å². The van der Waals surface area contributed by atoms with Crippen molar-refractivity contribution in [2.24, 2.45) is 0 Å². The highest BCUT2D eigenvalue weighted by Gasteiger charge is 2.34. The Morgan fingerprint density at radius 1 is 0.970 bits per heavy atom. The number of aromatic nitrogens is 2. The lowest BCUT2D eigenvalue weighted by molar-refractivity contribution is 0.401. The molecule has 0 bridgehead atoms. The van der Waals surface area contributed by atoms with E-state index in [-0.39, 0.29) is 5.92 Å². The molecular formula is C27H21N3O3. The van der Waals surface area contributed by atoms with Gasteiger partial charge in [-0.05, 0) is 23.6 Å². The van der Waals surface area contributed by atoms with E-state index in [2.05, 4.69) is 29.2 Å². The number of ether oxygens (including phenoxy) is 2. The summed E-state index contributed by atoms with van der Waals surface area (Å²) >= 11 is 0. The third-order valence-corrected chi connectivity index (χ3v) is 6.15. The molecule has 33 heavy (non-hydrogen) atoms. The summed E-state index contributed by atoms with van der Waals surface area (Å²) in [6.45, 7) is 0.412. The van der Waals surface area contributed by atoms with Gasteiger partial charge in [0.15, 0.2) is 0 Å². The zero-order valence-corrected chi connectivity index (χ0v) is 18.0. The molecule has 1 aliphatic heterocycles. The first-order chi connectivity index (χ1) is 16.2. The molecule has 3 heterocycles. The zero-order valence-electron chi connectivity index (χ0n) is 18.0. The van der Waals surface area contributed by atoms with Crippen molar-refractivity contribution in [2.45, 2.75) is 12.5 Å². The third kappa shape index (κ3) is 3.10. The van der Waals surface area contributed by atoms with Crippen LogP contribution in [0.1, 0.15) is 28.4 Å². The second-order valence-corrected chi connectivity index (χ2v) is 8.00. The van der Waals surface area contributed by atoms with Crippen molar-refractivity contribution in [1.29, 1.82) is 5.41 Å². The van der Waals surface area contributed by atoms with Crippen LogP contribution in [0.5, 0.6) is 17.4 Å². The van der Waals surface area contributed by atoms with Crippen molar-refractivity contribution < 1.29 is 13.9 Å². The molecule has 0 amide bonds. The van der Waals surface area contributed by atoms with Gasteiger partial charge in [-0.15, -0.1) is 0 Å². The van der Waals surface area contributed by atoms with Crippen molar-refractivity contribution in [1.82, 2.24) is 9.55 Å². The number of methoxy groups -OCH3 is 1. The summed E-state index contributed by atoms with van der Waals surface area (Å²) in [5.41, 5.74) is 2.98. The van der Waals surface area contributed by atoms with E-state index in [9.17, 15) is 0 Å². The van der Waals surface area contributed by atoms with Crippen molar-refractivity contribution in [3.8, 4) is 17.4 Å². The van der Waals surface area contributed by atoms with Gasteiger partial charge in [-0.2, -0.15) is 0 Å². The van der Waals surface area contributed by atoms with Gasteiger partial charge in [0.2, 0.25) is 5.88 Å². The van der Waals surface area contributed by atoms with E-state index >= 15 is 0 Å². The van der Waals surface area contributed by atoms with Gasteiger partial charge in [-0.25, -0.2) is 4.98 Å². The van der Waals surface area contributed by atoms with Gasteiger partial charge in [0.05, 0.1) is 31.4 Å². The minimum atomic E-state index is -0.270. The van der Waals surface area contributed by atoms with Crippen LogP contribution in [0.2, 0.25) is 0 Å². The quantitative estimate of drug-likeness (QED) is 0.400. The summed E-state index contributed by atoms with van der Waals surface area (Å²) in [4.78, 5) is 4.64. The molecule has 0 aliphatic carbocycles. The molecule has 0 saturated heterocycles. The second-order valence-electron chi connectivity index (χ2n) is 8.00. The standard InChI is InChI=1S/C27H21N3O3/c1-31-22-11-5-4-10-20(22)23-21-13-12-17-7-2-3-9-19(17)25(21)33-27-24(23)26(28)30(16-29-27)15-18-8-6-14-32-18/h2-14,16,23,28H,15H2,1H3/t23-/m0/s1. The van der Waals surface area contributed by atoms with Crippen LogP contribution in [0.4, 0.5) is 0 Å². The van der Waals surface area contributed by atoms with Gasteiger partial charge in [0.1, 0.15) is 29.1 Å².